The number of rotatable bonds is 1. The molecule has 0 amide bonds. The van der Waals surface area contributed by atoms with Crippen LogP contribution in [-0.2, 0) is 17.1 Å². The van der Waals surface area contributed by atoms with Crippen LogP contribution in [0.25, 0.3) is 0 Å². The van der Waals surface area contributed by atoms with Gasteiger partial charge in [0.1, 0.15) is 0 Å². The van der Waals surface area contributed by atoms with Crippen molar-refractivity contribution in [3.63, 3.8) is 0 Å². The van der Waals surface area contributed by atoms with Crippen LogP contribution in [0.15, 0.2) is 0 Å². The van der Waals surface area contributed by atoms with Crippen LogP contribution < -0.4 is 48.3 Å². The fourth-order valence-corrected chi connectivity index (χ4v) is 12.5. The van der Waals surface area contributed by atoms with Crippen LogP contribution in [0.4, 0.5) is 0 Å². The summed E-state index contributed by atoms with van der Waals surface area (Å²) in [7, 11) is 0. The normalized spacial score (nSPS) is 55.9. The van der Waals surface area contributed by atoms with E-state index < -0.39 is 0 Å². The molecule has 17 unspecified atom stereocenters. The van der Waals surface area contributed by atoms with Gasteiger partial charge in [0.15, 0.2) is 0 Å². The molecule has 8 bridgehead atoms. The number of hydrogen-bond donors (Lipinski definition) is 9. The molecule has 9 fully saturated rings. The SMILES string of the molecule is NCC1CCCC2C3NC4NC(NC5NC(NC6NC(NC(N3)C12)C1CCCCC61)C1CCCCC51)C1CCCCC41.[Cu]. The fraction of sp³-hybridized carbons (Fsp3) is 1.00. The third-order valence-corrected chi connectivity index (χ3v) is 14.3. The maximum atomic E-state index is 6.50. The van der Waals surface area contributed by atoms with E-state index in [0.29, 0.717) is 84.8 Å². The number of nitrogens with two attached hydrogens (primary N) is 1. The summed E-state index contributed by atoms with van der Waals surface area (Å²) < 4.78 is 0. The summed E-state index contributed by atoms with van der Waals surface area (Å²) in [6, 6.07) is 0. The van der Waals surface area contributed by atoms with E-state index in [-0.39, 0.29) is 17.1 Å². The molecular weight excluding hydrogens is 586 g/mol. The largest absolute Gasteiger partial charge is 0.330 e. The molecule has 0 aromatic rings. The van der Waals surface area contributed by atoms with Crippen LogP contribution in [0.1, 0.15) is 96.3 Å². The van der Waals surface area contributed by atoms with Crippen molar-refractivity contribution in [1.82, 2.24) is 42.5 Å². The van der Waals surface area contributed by atoms with E-state index in [1.165, 1.54) is 96.3 Å². The standard InChI is InChI=1S/C33H59N9.Cu/c34-16-17-8-7-15-24-25(17)33-41-31-23-14-6-5-13-22(23)29(39-31)37-27-19-10-2-1-9-18(19)26(35-27)36-28-20-11-3-4-12-21(20)30(38-28)40-32(24)42-33;/h17-33,35-42H,1-16,34H2;. The Labute approximate surface area is 270 Å². The topological polar surface area (TPSA) is 122 Å². The zero-order valence-electron chi connectivity index (χ0n) is 26.0. The molecular formula is C33H59CuN9. The van der Waals surface area contributed by atoms with Gasteiger partial charge in [0.25, 0.3) is 0 Å². The van der Waals surface area contributed by atoms with Gasteiger partial charge in [-0.05, 0) is 111 Å². The molecule has 0 aromatic carbocycles. The third kappa shape index (κ3) is 5.31. The Morgan fingerprint density at radius 3 is 0.953 bits per heavy atom. The first-order valence-electron chi connectivity index (χ1n) is 18.5. The predicted octanol–water partition coefficient (Wildman–Crippen LogP) is 1.79. The molecule has 4 aliphatic carbocycles. The summed E-state index contributed by atoms with van der Waals surface area (Å²) >= 11 is 0. The maximum Gasteiger partial charge on any atom is 0.0631 e. The summed E-state index contributed by atoms with van der Waals surface area (Å²) in [6.45, 7) is 0.817. The quantitative estimate of drug-likeness (QED) is 0.197. The van der Waals surface area contributed by atoms with Gasteiger partial charge in [-0.2, -0.15) is 0 Å². The van der Waals surface area contributed by atoms with E-state index in [1.807, 2.05) is 0 Å². The first-order chi connectivity index (χ1) is 20.7. The predicted molar refractivity (Wildman–Crippen MR) is 165 cm³/mol. The van der Waals surface area contributed by atoms with E-state index in [1.54, 1.807) is 0 Å². The molecule has 43 heavy (non-hydrogen) atoms. The Kier molecular flexibility index (Phi) is 8.97. The second kappa shape index (κ2) is 12.6. The van der Waals surface area contributed by atoms with Crippen LogP contribution in [0.2, 0.25) is 0 Å². The molecule has 0 spiro atoms. The minimum atomic E-state index is 0. The van der Waals surface area contributed by atoms with Gasteiger partial charge in [-0.1, -0.05) is 44.9 Å². The molecule has 9 nitrogen and oxygen atoms in total. The molecule has 5 heterocycles. The maximum absolute atomic E-state index is 6.50. The summed E-state index contributed by atoms with van der Waals surface area (Å²) in [5.41, 5.74) is 6.50. The van der Waals surface area contributed by atoms with Gasteiger partial charge >= 0.3 is 0 Å². The van der Waals surface area contributed by atoms with E-state index in [0.717, 1.165) is 24.3 Å². The van der Waals surface area contributed by atoms with Crippen molar-refractivity contribution in [1.29, 1.82) is 0 Å². The average molecular weight is 645 g/mol. The average Bonchev–Trinajstić information content (AvgIpc) is 3.76. The van der Waals surface area contributed by atoms with Crippen LogP contribution in [0.5, 0.6) is 0 Å². The number of fused-ring (bicyclic) bond motifs is 20. The van der Waals surface area contributed by atoms with Gasteiger partial charge in [0.05, 0.1) is 49.3 Å². The second-order valence-electron chi connectivity index (χ2n) is 16.2. The molecule has 0 aromatic heterocycles. The zero-order valence-corrected chi connectivity index (χ0v) is 26.9. The van der Waals surface area contributed by atoms with Crippen molar-refractivity contribution in [2.24, 2.45) is 59.0 Å². The first-order valence-corrected chi connectivity index (χ1v) is 18.5. The first kappa shape index (κ1) is 30.5. The smallest absolute Gasteiger partial charge is 0.0631 e. The third-order valence-electron chi connectivity index (χ3n) is 14.3. The van der Waals surface area contributed by atoms with Crippen molar-refractivity contribution in [2.45, 2.75) is 146 Å². The Hall–Kier alpha value is 0.159. The van der Waals surface area contributed by atoms with Gasteiger partial charge in [-0.3, -0.25) is 42.5 Å². The van der Waals surface area contributed by atoms with Crippen molar-refractivity contribution < 1.29 is 17.1 Å². The van der Waals surface area contributed by atoms with Gasteiger partial charge < -0.3 is 5.73 Å². The van der Waals surface area contributed by atoms with E-state index in [9.17, 15) is 0 Å². The Balaban J connectivity index is 0.00000278. The Morgan fingerprint density at radius 2 is 0.628 bits per heavy atom. The van der Waals surface area contributed by atoms with Crippen molar-refractivity contribution in [3.8, 4) is 0 Å². The van der Waals surface area contributed by atoms with Crippen molar-refractivity contribution >= 4 is 0 Å². The van der Waals surface area contributed by atoms with E-state index >= 15 is 0 Å². The molecule has 17 atom stereocenters. The summed E-state index contributed by atoms with van der Waals surface area (Å²) in [6.07, 6.45) is 23.4. The van der Waals surface area contributed by atoms with Crippen molar-refractivity contribution in [3.05, 3.63) is 0 Å². The Bertz CT molecular complexity index is 971. The molecule has 1 radical (unpaired) electrons. The van der Waals surface area contributed by atoms with Gasteiger partial charge in [0.2, 0.25) is 0 Å². The second-order valence-corrected chi connectivity index (χ2v) is 16.2. The molecule has 9 aliphatic rings. The molecule has 10 N–H and O–H groups in total. The van der Waals surface area contributed by atoms with Crippen LogP contribution in [0, 0.1) is 53.3 Å². The van der Waals surface area contributed by atoms with Crippen molar-refractivity contribution in [2.75, 3.05) is 6.54 Å². The molecule has 247 valence electrons. The van der Waals surface area contributed by atoms with Gasteiger partial charge in [0, 0.05) is 17.1 Å². The van der Waals surface area contributed by atoms with E-state index in [2.05, 4.69) is 42.5 Å². The monoisotopic (exact) mass is 644 g/mol. The van der Waals surface area contributed by atoms with Crippen LogP contribution >= 0.6 is 0 Å². The number of nitrogens with one attached hydrogen (secondary N) is 8. The summed E-state index contributed by atoms with van der Waals surface area (Å²) in [5, 5.41) is 33.8. The Morgan fingerprint density at radius 1 is 0.349 bits per heavy atom. The number of hydrogen-bond acceptors (Lipinski definition) is 9. The van der Waals surface area contributed by atoms with Crippen LogP contribution in [-0.4, -0.2) is 55.9 Å². The minimum Gasteiger partial charge on any atom is -0.330 e. The summed E-state index contributed by atoms with van der Waals surface area (Å²) in [5.74, 6) is 6.17. The van der Waals surface area contributed by atoms with Crippen LogP contribution in [0.3, 0.4) is 0 Å². The summed E-state index contributed by atoms with van der Waals surface area (Å²) in [4.78, 5) is 0. The molecule has 5 saturated heterocycles. The molecule has 4 saturated carbocycles. The van der Waals surface area contributed by atoms with E-state index in [4.69, 9.17) is 5.73 Å². The molecule has 9 rings (SSSR count). The fourth-order valence-electron chi connectivity index (χ4n) is 12.5. The van der Waals surface area contributed by atoms with Gasteiger partial charge in [-0.25, -0.2) is 0 Å². The van der Waals surface area contributed by atoms with Gasteiger partial charge in [-0.15, -0.1) is 0 Å². The zero-order chi connectivity index (χ0) is 27.8. The molecule has 5 aliphatic heterocycles. The molecule has 10 heteroatoms. The minimum absolute atomic E-state index is 0.